The van der Waals surface area contributed by atoms with Gasteiger partial charge in [0.15, 0.2) is 0 Å². The minimum absolute atomic E-state index is 0.123. The Hall–Kier alpha value is -1.64. The number of hydrogen-bond donors (Lipinski definition) is 0. The smallest absolute Gasteiger partial charge is 0.135 e. The number of rotatable bonds is 6. The molecule has 0 N–H and O–H groups in total. The molecule has 0 amide bonds. The van der Waals surface area contributed by atoms with E-state index in [4.69, 9.17) is 4.42 Å². The standard InChI is InChI=1S/C13H17NO2/c1-3-5-7-14-13(9-12(15)4-2)11-6-8-16-10-11/h3,5-8,10,13H,4,9H2,1-2H3/b5-3+,14-7?/t13-/m0/s1. The van der Waals surface area contributed by atoms with Crippen molar-refractivity contribution in [2.24, 2.45) is 4.99 Å². The molecule has 0 fully saturated rings. The second kappa shape index (κ2) is 6.77. The average molecular weight is 219 g/mol. The Morgan fingerprint density at radius 1 is 1.62 bits per heavy atom. The van der Waals surface area contributed by atoms with Gasteiger partial charge in [0.2, 0.25) is 0 Å². The quantitative estimate of drug-likeness (QED) is 0.688. The fourth-order valence-corrected chi connectivity index (χ4v) is 1.32. The van der Waals surface area contributed by atoms with Crippen molar-refractivity contribution in [1.29, 1.82) is 0 Å². The summed E-state index contributed by atoms with van der Waals surface area (Å²) in [6.07, 6.45) is 9.70. The molecule has 3 nitrogen and oxygen atoms in total. The molecule has 1 aromatic heterocycles. The maximum Gasteiger partial charge on any atom is 0.135 e. The Labute approximate surface area is 95.9 Å². The Morgan fingerprint density at radius 3 is 3.00 bits per heavy atom. The molecule has 0 saturated heterocycles. The molecule has 1 aromatic rings. The van der Waals surface area contributed by atoms with Gasteiger partial charge in [0.25, 0.3) is 0 Å². The zero-order valence-corrected chi connectivity index (χ0v) is 9.72. The van der Waals surface area contributed by atoms with Gasteiger partial charge in [0.1, 0.15) is 5.78 Å². The van der Waals surface area contributed by atoms with Crippen molar-refractivity contribution >= 4 is 12.0 Å². The SMILES string of the molecule is C/C=C/C=N[C@@H](CC(=O)CC)c1ccoc1. The molecule has 0 saturated carbocycles. The van der Waals surface area contributed by atoms with E-state index in [1.807, 2.05) is 32.1 Å². The third kappa shape index (κ3) is 3.85. The lowest BCUT2D eigenvalue weighted by Gasteiger charge is -2.07. The molecule has 0 bridgehead atoms. The van der Waals surface area contributed by atoms with Crippen molar-refractivity contribution in [3.8, 4) is 0 Å². The van der Waals surface area contributed by atoms with Gasteiger partial charge in [-0.1, -0.05) is 13.0 Å². The first-order chi connectivity index (χ1) is 7.77. The second-order valence-electron chi connectivity index (χ2n) is 3.49. The fraction of sp³-hybridized carbons (Fsp3) is 0.385. The topological polar surface area (TPSA) is 42.6 Å². The Kier molecular flexibility index (Phi) is 5.26. The summed E-state index contributed by atoms with van der Waals surface area (Å²) < 4.78 is 5.01. The van der Waals surface area contributed by atoms with Crippen molar-refractivity contribution in [3.63, 3.8) is 0 Å². The van der Waals surface area contributed by atoms with Crippen LogP contribution in [0.4, 0.5) is 0 Å². The van der Waals surface area contributed by atoms with Gasteiger partial charge in [-0.15, -0.1) is 0 Å². The fourth-order valence-electron chi connectivity index (χ4n) is 1.32. The molecule has 1 atom stereocenters. The number of carbonyl (C=O) groups excluding carboxylic acids is 1. The molecule has 86 valence electrons. The molecular weight excluding hydrogens is 202 g/mol. The highest BCUT2D eigenvalue weighted by Crippen LogP contribution is 2.22. The maximum absolute atomic E-state index is 11.4. The number of aliphatic imine (C=N–C) groups is 1. The van der Waals surface area contributed by atoms with E-state index in [0.29, 0.717) is 12.8 Å². The largest absolute Gasteiger partial charge is 0.472 e. The Bertz CT molecular complexity index is 363. The van der Waals surface area contributed by atoms with Gasteiger partial charge in [0, 0.05) is 24.6 Å². The molecule has 0 radical (unpaired) electrons. The van der Waals surface area contributed by atoms with Crippen LogP contribution < -0.4 is 0 Å². The van der Waals surface area contributed by atoms with E-state index < -0.39 is 0 Å². The molecule has 0 aliphatic heterocycles. The van der Waals surface area contributed by atoms with Gasteiger partial charge >= 0.3 is 0 Å². The normalized spacial score (nSPS) is 13.6. The zero-order valence-electron chi connectivity index (χ0n) is 9.72. The first-order valence-electron chi connectivity index (χ1n) is 5.46. The summed E-state index contributed by atoms with van der Waals surface area (Å²) in [4.78, 5) is 15.8. The van der Waals surface area contributed by atoms with Crippen molar-refractivity contribution in [1.82, 2.24) is 0 Å². The van der Waals surface area contributed by atoms with Crippen LogP contribution in [0.3, 0.4) is 0 Å². The van der Waals surface area contributed by atoms with Crippen LogP contribution in [0.25, 0.3) is 0 Å². The van der Waals surface area contributed by atoms with E-state index >= 15 is 0 Å². The van der Waals surface area contributed by atoms with Gasteiger partial charge in [-0.2, -0.15) is 0 Å². The predicted octanol–water partition coefficient (Wildman–Crippen LogP) is 3.34. The van der Waals surface area contributed by atoms with E-state index in [2.05, 4.69) is 4.99 Å². The lowest BCUT2D eigenvalue weighted by molar-refractivity contribution is -0.119. The number of ketones is 1. The number of allylic oxidation sites excluding steroid dienone is 2. The molecule has 0 aromatic carbocycles. The monoisotopic (exact) mass is 219 g/mol. The zero-order chi connectivity index (χ0) is 11.8. The molecule has 3 heteroatoms. The first kappa shape index (κ1) is 12.4. The van der Waals surface area contributed by atoms with E-state index in [1.165, 1.54) is 0 Å². The summed E-state index contributed by atoms with van der Waals surface area (Å²) in [6, 6.07) is 1.73. The van der Waals surface area contributed by atoms with Crippen molar-refractivity contribution < 1.29 is 9.21 Å². The summed E-state index contributed by atoms with van der Waals surface area (Å²) in [7, 11) is 0. The highest BCUT2D eigenvalue weighted by molar-refractivity contribution is 5.79. The van der Waals surface area contributed by atoms with E-state index in [1.54, 1.807) is 18.7 Å². The number of carbonyl (C=O) groups is 1. The highest BCUT2D eigenvalue weighted by Gasteiger charge is 2.14. The van der Waals surface area contributed by atoms with Crippen molar-refractivity contribution in [3.05, 3.63) is 36.3 Å². The van der Waals surface area contributed by atoms with Gasteiger partial charge in [-0.3, -0.25) is 9.79 Å². The summed E-state index contributed by atoms with van der Waals surface area (Å²) in [5.41, 5.74) is 0.947. The Morgan fingerprint density at radius 2 is 2.44 bits per heavy atom. The molecule has 0 aliphatic carbocycles. The van der Waals surface area contributed by atoms with Crippen LogP contribution in [0, 0.1) is 0 Å². The molecular formula is C13H17NO2. The van der Waals surface area contributed by atoms with Crippen molar-refractivity contribution in [2.45, 2.75) is 32.7 Å². The summed E-state index contributed by atoms with van der Waals surface area (Å²) in [6.45, 7) is 3.79. The maximum atomic E-state index is 11.4. The van der Waals surface area contributed by atoms with Crippen LogP contribution in [0.1, 0.15) is 38.3 Å². The van der Waals surface area contributed by atoms with Crippen LogP contribution in [0.15, 0.2) is 40.2 Å². The van der Waals surface area contributed by atoms with Gasteiger partial charge in [0.05, 0.1) is 18.6 Å². The summed E-state index contributed by atoms with van der Waals surface area (Å²) in [5, 5.41) is 0. The third-order valence-corrected chi connectivity index (χ3v) is 2.29. The minimum atomic E-state index is -0.123. The number of nitrogens with zero attached hydrogens (tertiary/aromatic N) is 1. The average Bonchev–Trinajstić information content (AvgIpc) is 2.81. The number of hydrogen-bond acceptors (Lipinski definition) is 3. The van der Waals surface area contributed by atoms with E-state index in [9.17, 15) is 4.79 Å². The molecule has 0 spiro atoms. The predicted molar refractivity (Wildman–Crippen MR) is 64.7 cm³/mol. The van der Waals surface area contributed by atoms with E-state index in [-0.39, 0.29) is 11.8 Å². The van der Waals surface area contributed by atoms with Crippen molar-refractivity contribution in [2.75, 3.05) is 0 Å². The summed E-state index contributed by atoms with van der Waals surface area (Å²) >= 11 is 0. The minimum Gasteiger partial charge on any atom is -0.472 e. The van der Waals surface area contributed by atoms with Gasteiger partial charge in [-0.05, 0) is 19.1 Å². The number of furan rings is 1. The number of Topliss-reactive ketones (excluding diaryl/α,β-unsaturated/α-hetero) is 1. The molecule has 1 heterocycles. The summed E-state index contributed by atoms with van der Waals surface area (Å²) in [5.74, 6) is 0.212. The molecule has 16 heavy (non-hydrogen) atoms. The molecule has 1 rings (SSSR count). The van der Waals surface area contributed by atoms with Gasteiger partial charge < -0.3 is 4.42 Å². The second-order valence-corrected chi connectivity index (χ2v) is 3.49. The third-order valence-electron chi connectivity index (χ3n) is 2.29. The van der Waals surface area contributed by atoms with Crippen LogP contribution in [0.5, 0.6) is 0 Å². The lowest BCUT2D eigenvalue weighted by Crippen LogP contribution is -2.03. The highest BCUT2D eigenvalue weighted by atomic mass is 16.3. The lowest BCUT2D eigenvalue weighted by atomic mass is 10.0. The van der Waals surface area contributed by atoms with Crippen LogP contribution in [0.2, 0.25) is 0 Å². The van der Waals surface area contributed by atoms with Gasteiger partial charge in [-0.25, -0.2) is 0 Å². The first-order valence-corrected chi connectivity index (χ1v) is 5.46. The van der Waals surface area contributed by atoms with Crippen LogP contribution >= 0.6 is 0 Å². The molecule has 0 aliphatic rings. The Balaban J connectivity index is 2.73. The van der Waals surface area contributed by atoms with Crippen LogP contribution in [-0.4, -0.2) is 12.0 Å². The molecule has 0 unspecified atom stereocenters. The van der Waals surface area contributed by atoms with Crippen LogP contribution in [-0.2, 0) is 4.79 Å². The van der Waals surface area contributed by atoms with E-state index in [0.717, 1.165) is 5.56 Å².